The number of amides is 2. The van der Waals surface area contributed by atoms with Crippen molar-refractivity contribution in [3.63, 3.8) is 0 Å². The average molecular weight is 687 g/mol. The van der Waals surface area contributed by atoms with Crippen molar-refractivity contribution in [2.45, 2.75) is 26.9 Å². The van der Waals surface area contributed by atoms with Gasteiger partial charge in [0.2, 0.25) is 11.9 Å². The Hall–Kier alpha value is -6.80. The van der Waals surface area contributed by atoms with Gasteiger partial charge in [-0.25, -0.2) is 9.98 Å². The summed E-state index contributed by atoms with van der Waals surface area (Å²) in [5.74, 6) is 0.451. The number of nitrogens with one attached hydrogen (secondary N) is 4. The van der Waals surface area contributed by atoms with Crippen molar-refractivity contribution in [3.05, 3.63) is 203 Å². The van der Waals surface area contributed by atoms with Crippen molar-refractivity contribution < 1.29 is 9.59 Å². The molecule has 0 aliphatic carbocycles. The van der Waals surface area contributed by atoms with Crippen LogP contribution in [0.3, 0.4) is 0 Å². The largest absolute Gasteiger partial charge is 0.326 e. The third-order valence-electron chi connectivity index (χ3n) is 7.69. The van der Waals surface area contributed by atoms with E-state index in [-0.39, 0.29) is 11.8 Å². The molecule has 4 N–H and O–H groups in total. The zero-order valence-corrected chi connectivity index (χ0v) is 29.3. The molecule has 0 spiro atoms. The van der Waals surface area contributed by atoms with E-state index in [9.17, 15) is 9.59 Å². The van der Waals surface area contributed by atoms with E-state index in [1.807, 2.05) is 159 Å². The van der Waals surface area contributed by atoms with Crippen molar-refractivity contribution >= 4 is 35.1 Å². The highest BCUT2D eigenvalue weighted by Gasteiger charge is 2.10. The van der Waals surface area contributed by atoms with Gasteiger partial charge in [-0.05, 0) is 73.5 Å². The van der Waals surface area contributed by atoms with Crippen molar-refractivity contribution in [2.75, 3.05) is 10.6 Å². The van der Waals surface area contributed by atoms with E-state index in [1.165, 1.54) is 11.1 Å². The second-order valence-electron chi connectivity index (χ2n) is 11.9. The van der Waals surface area contributed by atoms with Crippen molar-refractivity contribution in [3.8, 4) is 0 Å². The van der Waals surface area contributed by atoms with Gasteiger partial charge < -0.3 is 10.6 Å². The van der Waals surface area contributed by atoms with Crippen LogP contribution in [0, 0.1) is 13.8 Å². The third kappa shape index (κ3) is 12.3. The summed E-state index contributed by atoms with van der Waals surface area (Å²) in [5, 5.41) is 12.1. The number of anilines is 2. The number of nitrogens with zero attached hydrogens (tertiary/aromatic N) is 2. The maximum Gasteiger partial charge on any atom is 0.257 e. The molecule has 0 aliphatic rings. The topological polar surface area (TPSA) is 107 Å². The van der Waals surface area contributed by atoms with Gasteiger partial charge in [0.05, 0.1) is 13.1 Å². The van der Waals surface area contributed by atoms with Crippen LogP contribution in [0.5, 0.6) is 0 Å². The van der Waals surface area contributed by atoms with Crippen molar-refractivity contribution in [1.29, 1.82) is 0 Å². The maximum atomic E-state index is 12.5. The lowest BCUT2D eigenvalue weighted by Gasteiger charge is -2.12. The number of aryl methyl sites for hydroxylation is 2. The van der Waals surface area contributed by atoms with Gasteiger partial charge in [0.15, 0.2) is 0 Å². The molecule has 8 heteroatoms. The number of aliphatic imine (C=N–C) groups is 2. The van der Waals surface area contributed by atoms with Crippen molar-refractivity contribution in [2.24, 2.45) is 9.98 Å². The predicted molar refractivity (Wildman–Crippen MR) is 213 cm³/mol. The Morgan fingerprint density at radius 2 is 0.731 bits per heavy atom. The monoisotopic (exact) mass is 686 g/mol. The molecule has 0 aromatic heterocycles. The Morgan fingerprint density at radius 1 is 0.423 bits per heavy atom. The van der Waals surface area contributed by atoms with Gasteiger partial charge in [0.25, 0.3) is 11.8 Å². The molecule has 0 atom stereocenters. The number of rotatable bonds is 8. The lowest BCUT2D eigenvalue weighted by Crippen LogP contribution is -2.36. The molecule has 0 unspecified atom stereocenters. The summed E-state index contributed by atoms with van der Waals surface area (Å²) in [6.45, 7) is 5.02. The fraction of sp³-hybridized carbons (Fsp3) is 0.0909. The van der Waals surface area contributed by atoms with Crippen molar-refractivity contribution in [1.82, 2.24) is 10.6 Å². The van der Waals surface area contributed by atoms with E-state index in [1.54, 1.807) is 24.3 Å². The van der Waals surface area contributed by atoms with Crippen LogP contribution in [0.25, 0.3) is 0 Å². The van der Waals surface area contributed by atoms with Crippen LogP contribution in [-0.2, 0) is 13.1 Å². The maximum absolute atomic E-state index is 12.5. The minimum Gasteiger partial charge on any atom is -0.326 e. The first-order valence-corrected chi connectivity index (χ1v) is 17.0. The standard InChI is InChI=1S/2C22H21N3O/c2*1-17-12-14-20(15-13-17)24-22(23-16-18-8-4-2-5-9-18)25-21(26)19-10-6-3-7-11-19/h2*2-15H,16H2,1H3,(H2,23,24,25,26). The predicted octanol–water partition coefficient (Wildman–Crippen LogP) is 8.79. The highest BCUT2D eigenvalue weighted by atomic mass is 16.2. The first-order chi connectivity index (χ1) is 25.4. The molecular formula is C44H42N6O2. The van der Waals surface area contributed by atoms with E-state index in [0.717, 1.165) is 22.5 Å². The van der Waals surface area contributed by atoms with E-state index in [0.29, 0.717) is 36.1 Å². The summed E-state index contributed by atoms with van der Waals surface area (Å²) in [5.41, 5.74) is 7.41. The highest BCUT2D eigenvalue weighted by Crippen LogP contribution is 2.11. The van der Waals surface area contributed by atoms with Gasteiger partial charge in [0, 0.05) is 22.5 Å². The number of guanidine groups is 2. The number of carbonyl (C=O) groups excluding carboxylic acids is 2. The fourth-order valence-electron chi connectivity index (χ4n) is 4.81. The van der Waals surface area contributed by atoms with Crippen LogP contribution < -0.4 is 21.3 Å². The normalized spacial score (nSPS) is 11.0. The van der Waals surface area contributed by atoms with Crippen LogP contribution >= 0.6 is 0 Å². The molecule has 6 rings (SSSR count). The number of hydrogen-bond acceptors (Lipinski definition) is 4. The summed E-state index contributed by atoms with van der Waals surface area (Å²) in [7, 11) is 0. The molecule has 0 saturated heterocycles. The molecule has 0 radical (unpaired) electrons. The van der Waals surface area contributed by atoms with Gasteiger partial charge in [-0.1, -0.05) is 132 Å². The average Bonchev–Trinajstić information content (AvgIpc) is 3.19. The number of carbonyl (C=O) groups is 2. The molecule has 6 aromatic rings. The van der Waals surface area contributed by atoms with Crippen LogP contribution in [0.15, 0.2) is 180 Å². The Morgan fingerprint density at radius 3 is 1.06 bits per heavy atom. The third-order valence-corrected chi connectivity index (χ3v) is 7.69. The van der Waals surface area contributed by atoms with Gasteiger partial charge in [-0.2, -0.15) is 0 Å². The Balaban J connectivity index is 0.000000201. The summed E-state index contributed by atoms with van der Waals surface area (Å²) in [6, 6.07) is 53.9. The quantitative estimate of drug-likeness (QED) is 0.0949. The zero-order chi connectivity index (χ0) is 36.4. The van der Waals surface area contributed by atoms with E-state index in [4.69, 9.17) is 0 Å². The zero-order valence-electron chi connectivity index (χ0n) is 29.3. The minimum atomic E-state index is -0.197. The SMILES string of the molecule is Cc1ccc(NC(=NCc2ccccc2)NC(=O)c2ccccc2)cc1.Cc1ccc(NC(=NCc2ccccc2)NC(=O)c2ccccc2)cc1. The smallest absolute Gasteiger partial charge is 0.257 e. The van der Waals surface area contributed by atoms with E-state index < -0.39 is 0 Å². The molecule has 6 aromatic carbocycles. The molecular weight excluding hydrogens is 645 g/mol. The van der Waals surface area contributed by atoms with Gasteiger partial charge in [-0.15, -0.1) is 0 Å². The minimum absolute atomic E-state index is 0.197. The summed E-state index contributed by atoms with van der Waals surface area (Å²) < 4.78 is 0. The Bertz CT molecular complexity index is 1900. The molecule has 260 valence electrons. The van der Waals surface area contributed by atoms with Crippen LogP contribution in [0.2, 0.25) is 0 Å². The lowest BCUT2D eigenvalue weighted by molar-refractivity contribution is 0.0968. The highest BCUT2D eigenvalue weighted by molar-refractivity contribution is 6.10. The van der Waals surface area contributed by atoms with E-state index in [2.05, 4.69) is 31.3 Å². The lowest BCUT2D eigenvalue weighted by atomic mass is 10.2. The van der Waals surface area contributed by atoms with Gasteiger partial charge in [-0.3, -0.25) is 20.2 Å². The first kappa shape index (κ1) is 36.5. The molecule has 0 fully saturated rings. The molecule has 2 amide bonds. The second-order valence-corrected chi connectivity index (χ2v) is 11.9. The summed E-state index contributed by atoms with van der Waals surface area (Å²) >= 11 is 0. The number of hydrogen-bond donors (Lipinski definition) is 4. The number of benzene rings is 6. The Labute approximate surface area is 305 Å². The van der Waals surface area contributed by atoms with Crippen LogP contribution in [-0.4, -0.2) is 23.7 Å². The molecule has 0 aliphatic heterocycles. The molecule has 52 heavy (non-hydrogen) atoms. The first-order valence-electron chi connectivity index (χ1n) is 17.0. The molecule has 0 saturated carbocycles. The Kier molecular flexibility index (Phi) is 13.6. The second kappa shape index (κ2) is 19.4. The molecule has 0 bridgehead atoms. The van der Waals surface area contributed by atoms with Gasteiger partial charge in [0.1, 0.15) is 0 Å². The van der Waals surface area contributed by atoms with Crippen LogP contribution in [0.1, 0.15) is 43.0 Å². The van der Waals surface area contributed by atoms with Crippen LogP contribution in [0.4, 0.5) is 11.4 Å². The van der Waals surface area contributed by atoms with E-state index >= 15 is 0 Å². The summed E-state index contributed by atoms with van der Waals surface area (Å²) in [6.07, 6.45) is 0. The van der Waals surface area contributed by atoms with Gasteiger partial charge >= 0.3 is 0 Å². The fourth-order valence-corrected chi connectivity index (χ4v) is 4.81. The molecule has 0 heterocycles. The summed E-state index contributed by atoms with van der Waals surface area (Å²) in [4.78, 5) is 34.1. The molecule has 8 nitrogen and oxygen atoms in total.